The first-order valence-electron chi connectivity index (χ1n) is 6.93. The summed E-state index contributed by atoms with van der Waals surface area (Å²) in [6, 6.07) is -0.475. The molecule has 1 amide bonds. The van der Waals surface area contributed by atoms with Crippen LogP contribution in [0.5, 0.6) is 0 Å². The first-order chi connectivity index (χ1) is 8.76. The van der Waals surface area contributed by atoms with Crippen LogP contribution >= 0.6 is 0 Å². The molecule has 0 N–H and O–H groups in total. The summed E-state index contributed by atoms with van der Waals surface area (Å²) in [5.41, 5.74) is -0.399. The molecule has 0 radical (unpaired) electrons. The molecule has 1 saturated heterocycles. The van der Waals surface area contributed by atoms with Gasteiger partial charge in [0, 0.05) is 6.54 Å². The third-order valence-corrected chi connectivity index (χ3v) is 3.65. The molecule has 0 unspecified atom stereocenters. The summed E-state index contributed by atoms with van der Waals surface area (Å²) in [4.78, 5) is 25.7. The topological polar surface area (TPSA) is 55.8 Å². The zero-order valence-electron chi connectivity index (χ0n) is 12.2. The highest BCUT2D eigenvalue weighted by atomic mass is 16.6. The number of carbonyl (C=O) groups excluding carboxylic acids is 2. The van der Waals surface area contributed by atoms with Crippen molar-refractivity contribution in [2.45, 2.75) is 58.6 Å². The van der Waals surface area contributed by atoms with Gasteiger partial charge in [0.1, 0.15) is 11.6 Å². The first kappa shape index (κ1) is 14.2. The van der Waals surface area contributed by atoms with Gasteiger partial charge in [-0.3, -0.25) is 4.90 Å². The van der Waals surface area contributed by atoms with E-state index in [0.29, 0.717) is 19.6 Å². The van der Waals surface area contributed by atoms with Crippen LogP contribution in [0.2, 0.25) is 0 Å². The predicted octanol–water partition coefficient (Wildman–Crippen LogP) is 2.34. The molecule has 2 fully saturated rings. The van der Waals surface area contributed by atoms with E-state index in [1.54, 1.807) is 11.8 Å². The predicted molar refractivity (Wildman–Crippen MR) is 69.6 cm³/mol. The van der Waals surface area contributed by atoms with Crippen molar-refractivity contribution in [2.75, 3.05) is 13.2 Å². The van der Waals surface area contributed by atoms with Gasteiger partial charge in [0.25, 0.3) is 0 Å². The molecule has 0 aromatic carbocycles. The summed E-state index contributed by atoms with van der Waals surface area (Å²) in [6.07, 6.45) is 2.48. The van der Waals surface area contributed by atoms with E-state index >= 15 is 0 Å². The molecular formula is C14H23NO4. The van der Waals surface area contributed by atoms with Gasteiger partial charge in [-0.25, -0.2) is 9.59 Å². The second-order valence-corrected chi connectivity index (χ2v) is 6.58. The fourth-order valence-corrected chi connectivity index (χ4v) is 2.56. The number of hydrogen-bond acceptors (Lipinski definition) is 4. The van der Waals surface area contributed by atoms with Gasteiger partial charge in [0.05, 0.1) is 6.61 Å². The maximum Gasteiger partial charge on any atom is 0.411 e. The molecule has 0 bridgehead atoms. The zero-order chi connectivity index (χ0) is 14.3. The molecule has 0 aromatic heterocycles. The Morgan fingerprint density at radius 2 is 1.95 bits per heavy atom. The SMILES string of the molecule is CCOC(=O)[C@@H]1CC2(CC2)CN1C(=O)OC(C)(C)C. The Labute approximate surface area is 114 Å². The highest BCUT2D eigenvalue weighted by Crippen LogP contribution is 2.55. The van der Waals surface area contributed by atoms with Crippen LogP contribution in [-0.2, 0) is 14.3 Å². The van der Waals surface area contributed by atoms with Crippen molar-refractivity contribution < 1.29 is 19.1 Å². The summed E-state index contributed by atoms with van der Waals surface area (Å²) >= 11 is 0. The molecule has 1 aliphatic heterocycles. The van der Waals surface area contributed by atoms with Crippen molar-refractivity contribution >= 4 is 12.1 Å². The van der Waals surface area contributed by atoms with Gasteiger partial charge in [-0.2, -0.15) is 0 Å². The van der Waals surface area contributed by atoms with E-state index in [0.717, 1.165) is 12.8 Å². The minimum absolute atomic E-state index is 0.147. The van der Waals surface area contributed by atoms with E-state index in [1.165, 1.54) is 0 Å². The van der Waals surface area contributed by atoms with Crippen molar-refractivity contribution in [3.63, 3.8) is 0 Å². The van der Waals surface area contributed by atoms with E-state index in [2.05, 4.69) is 0 Å². The summed E-state index contributed by atoms with van der Waals surface area (Å²) in [5, 5.41) is 0. The minimum Gasteiger partial charge on any atom is -0.464 e. The first-order valence-corrected chi connectivity index (χ1v) is 6.93. The fraction of sp³-hybridized carbons (Fsp3) is 0.857. The number of esters is 1. The second-order valence-electron chi connectivity index (χ2n) is 6.58. The monoisotopic (exact) mass is 269 g/mol. The molecule has 1 saturated carbocycles. The molecule has 1 heterocycles. The molecule has 19 heavy (non-hydrogen) atoms. The zero-order valence-corrected chi connectivity index (χ0v) is 12.2. The lowest BCUT2D eigenvalue weighted by atomic mass is 10.0. The molecule has 2 rings (SSSR count). The number of nitrogens with zero attached hydrogens (tertiary/aromatic N) is 1. The van der Waals surface area contributed by atoms with Gasteiger partial charge < -0.3 is 9.47 Å². The highest BCUT2D eigenvalue weighted by Gasteiger charge is 2.56. The summed E-state index contributed by atoms with van der Waals surface area (Å²) < 4.78 is 10.4. The van der Waals surface area contributed by atoms with Crippen molar-refractivity contribution in [3.05, 3.63) is 0 Å². The molecule has 1 aliphatic carbocycles. The average Bonchev–Trinajstić information content (AvgIpc) is 2.87. The fourth-order valence-electron chi connectivity index (χ4n) is 2.56. The summed E-state index contributed by atoms with van der Waals surface area (Å²) in [7, 11) is 0. The van der Waals surface area contributed by atoms with Crippen LogP contribution in [0.1, 0.15) is 47.0 Å². The third kappa shape index (κ3) is 3.19. The maximum absolute atomic E-state index is 12.2. The van der Waals surface area contributed by atoms with Crippen LogP contribution in [0.3, 0.4) is 0 Å². The van der Waals surface area contributed by atoms with Crippen LogP contribution in [0.4, 0.5) is 4.79 Å². The van der Waals surface area contributed by atoms with Crippen LogP contribution in [0.25, 0.3) is 0 Å². The Hall–Kier alpha value is -1.26. The molecule has 2 aliphatic rings. The average molecular weight is 269 g/mol. The van der Waals surface area contributed by atoms with Crippen LogP contribution in [-0.4, -0.2) is 41.8 Å². The van der Waals surface area contributed by atoms with Crippen LogP contribution < -0.4 is 0 Å². The van der Waals surface area contributed by atoms with E-state index < -0.39 is 17.7 Å². The number of ether oxygens (including phenoxy) is 2. The quantitative estimate of drug-likeness (QED) is 0.722. The number of likely N-dealkylation sites (tertiary alicyclic amines) is 1. The number of carbonyl (C=O) groups is 2. The van der Waals surface area contributed by atoms with E-state index in [-0.39, 0.29) is 11.4 Å². The normalized spacial score (nSPS) is 24.4. The summed E-state index contributed by atoms with van der Waals surface area (Å²) in [5.74, 6) is -0.308. The maximum atomic E-state index is 12.2. The largest absolute Gasteiger partial charge is 0.464 e. The lowest BCUT2D eigenvalue weighted by Crippen LogP contribution is -2.44. The molecule has 5 heteroatoms. The lowest BCUT2D eigenvalue weighted by Gasteiger charge is -2.27. The lowest BCUT2D eigenvalue weighted by molar-refractivity contribution is -0.148. The third-order valence-electron chi connectivity index (χ3n) is 3.65. The minimum atomic E-state index is -0.546. The molecule has 0 aromatic rings. The van der Waals surface area contributed by atoms with Crippen molar-refractivity contribution in [1.82, 2.24) is 4.90 Å². The molecule has 108 valence electrons. The molecule has 1 atom stereocenters. The van der Waals surface area contributed by atoms with Crippen molar-refractivity contribution in [1.29, 1.82) is 0 Å². The van der Waals surface area contributed by atoms with Crippen molar-refractivity contribution in [2.24, 2.45) is 5.41 Å². The number of rotatable bonds is 2. The van der Waals surface area contributed by atoms with Crippen molar-refractivity contribution in [3.8, 4) is 0 Å². The summed E-state index contributed by atoms with van der Waals surface area (Å²) in [6.45, 7) is 8.21. The van der Waals surface area contributed by atoms with Crippen LogP contribution in [0, 0.1) is 5.41 Å². The van der Waals surface area contributed by atoms with Crippen LogP contribution in [0.15, 0.2) is 0 Å². The molecule has 1 spiro atoms. The molecular weight excluding hydrogens is 246 g/mol. The smallest absolute Gasteiger partial charge is 0.411 e. The Morgan fingerprint density at radius 3 is 2.42 bits per heavy atom. The van der Waals surface area contributed by atoms with Gasteiger partial charge in [0.2, 0.25) is 0 Å². The Kier molecular flexibility index (Phi) is 3.49. The Balaban J connectivity index is 2.07. The second kappa shape index (κ2) is 4.69. The Morgan fingerprint density at radius 1 is 1.32 bits per heavy atom. The van der Waals surface area contributed by atoms with E-state index in [4.69, 9.17) is 9.47 Å². The van der Waals surface area contributed by atoms with E-state index in [9.17, 15) is 9.59 Å². The van der Waals surface area contributed by atoms with Gasteiger partial charge >= 0.3 is 12.1 Å². The number of hydrogen-bond donors (Lipinski definition) is 0. The Bertz CT molecular complexity index is 381. The number of amides is 1. The standard InChI is InChI=1S/C14H23NO4/c1-5-18-11(16)10-8-14(6-7-14)9-15(10)12(17)19-13(2,3)4/h10H,5-9H2,1-4H3/t10-/m0/s1. The van der Waals surface area contributed by atoms with Gasteiger partial charge in [-0.1, -0.05) is 0 Å². The van der Waals surface area contributed by atoms with Gasteiger partial charge in [-0.15, -0.1) is 0 Å². The van der Waals surface area contributed by atoms with Gasteiger partial charge in [0.15, 0.2) is 0 Å². The van der Waals surface area contributed by atoms with E-state index in [1.807, 2.05) is 20.8 Å². The van der Waals surface area contributed by atoms with Gasteiger partial charge in [-0.05, 0) is 52.4 Å². The highest BCUT2D eigenvalue weighted by molar-refractivity contribution is 5.82. The molecule has 5 nitrogen and oxygen atoms in total.